The molecule has 0 spiro atoms. The Bertz CT molecular complexity index is 428. The largest absolute Gasteiger partial charge is 0.481 e. The van der Waals surface area contributed by atoms with Crippen LogP contribution in [-0.4, -0.2) is 69.5 Å². The highest BCUT2D eigenvalue weighted by atomic mass is 16.6. The zero-order valence-corrected chi connectivity index (χ0v) is 14.4. The molecular weight excluding hydrogens is 332 g/mol. The normalized spacial score (nSPS) is 38.4. The Morgan fingerprint density at radius 2 is 1.24 bits per heavy atom. The molecule has 0 aromatic rings. The van der Waals surface area contributed by atoms with Crippen molar-refractivity contribution in [3.63, 3.8) is 0 Å². The van der Waals surface area contributed by atoms with Gasteiger partial charge in [0.1, 0.15) is 0 Å². The number of hydrogen-bond acceptors (Lipinski definition) is 6. The number of carboxylic acids is 2. The molecule has 2 heterocycles. The zero-order chi connectivity index (χ0) is 18.6. The van der Waals surface area contributed by atoms with Gasteiger partial charge in [-0.05, 0) is 45.4 Å². The Morgan fingerprint density at radius 1 is 0.880 bits per heavy atom. The van der Waals surface area contributed by atoms with Gasteiger partial charge in [-0.15, -0.1) is 0 Å². The van der Waals surface area contributed by atoms with Crippen molar-refractivity contribution in [2.24, 2.45) is 11.8 Å². The molecule has 4 fully saturated rings. The van der Waals surface area contributed by atoms with Crippen LogP contribution in [0.4, 0.5) is 0 Å². The molecule has 7 atom stereocenters. The van der Waals surface area contributed by atoms with Crippen molar-refractivity contribution in [1.29, 1.82) is 0 Å². The van der Waals surface area contributed by atoms with Gasteiger partial charge in [-0.25, -0.2) is 0 Å². The van der Waals surface area contributed by atoms with Gasteiger partial charge in [0.2, 0.25) is 0 Å². The first kappa shape index (κ1) is 20.1. The molecule has 8 heteroatoms. The second kappa shape index (κ2) is 8.93. The number of fused-ring (bicyclic) bond motifs is 2. The number of aliphatic hydroxyl groups is 2. The van der Waals surface area contributed by atoms with Gasteiger partial charge in [-0.1, -0.05) is 0 Å². The zero-order valence-electron chi connectivity index (χ0n) is 14.4. The van der Waals surface area contributed by atoms with Crippen LogP contribution in [0.1, 0.15) is 45.4 Å². The highest BCUT2D eigenvalue weighted by Crippen LogP contribution is 2.40. The van der Waals surface area contributed by atoms with Gasteiger partial charge in [-0.3, -0.25) is 9.59 Å². The molecule has 2 saturated heterocycles. The van der Waals surface area contributed by atoms with E-state index in [1.165, 1.54) is 6.92 Å². The number of aliphatic carboxylic acids is 2. The molecule has 144 valence electrons. The molecule has 7 unspecified atom stereocenters. The van der Waals surface area contributed by atoms with Gasteiger partial charge < -0.3 is 29.9 Å². The van der Waals surface area contributed by atoms with Crippen molar-refractivity contribution in [3.05, 3.63) is 0 Å². The third kappa shape index (κ3) is 6.54. The molecule has 2 aliphatic carbocycles. The molecule has 25 heavy (non-hydrogen) atoms. The smallest absolute Gasteiger partial charge is 0.306 e. The number of epoxide rings is 2. The predicted molar refractivity (Wildman–Crippen MR) is 86.0 cm³/mol. The lowest BCUT2D eigenvalue weighted by atomic mass is 9.90. The van der Waals surface area contributed by atoms with E-state index in [2.05, 4.69) is 0 Å². The van der Waals surface area contributed by atoms with Crippen LogP contribution in [0, 0.1) is 11.8 Å². The van der Waals surface area contributed by atoms with Crippen molar-refractivity contribution < 1.29 is 39.5 Å². The molecule has 0 aromatic carbocycles. The van der Waals surface area contributed by atoms with E-state index in [1.54, 1.807) is 0 Å². The van der Waals surface area contributed by atoms with Gasteiger partial charge in [0.15, 0.2) is 0 Å². The summed E-state index contributed by atoms with van der Waals surface area (Å²) in [6.07, 6.45) is 5.81. The summed E-state index contributed by atoms with van der Waals surface area (Å²) in [7, 11) is 0. The van der Waals surface area contributed by atoms with E-state index in [-0.39, 0.29) is 30.7 Å². The Hall–Kier alpha value is -1.22. The van der Waals surface area contributed by atoms with E-state index in [0.717, 1.165) is 38.5 Å². The number of carbonyl (C=O) groups is 2. The number of rotatable bonds is 3. The first-order valence-corrected chi connectivity index (χ1v) is 8.87. The van der Waals surface area contributed by atoms with Crippen LogP contribution >= 0.6 is 0 Å². The molecule has 4 aliphatic rings. The summed E-state index contributed by atoms with van der Waals surface area (Å²) in [6.45, 7) is 1.39. The Morgan fingerprint density at radius 3 is 1.48 bits per heavy atom. The summed E-state index contributed by atoms with van der Waals surface area (Å²) in [5, 5.41) is 33.2. The summed E-state index contributed by atoms with van der Waals surface area (Å²) < 4.78 is 10.4. The molecule has 2 saturated carbocycles. The summed E-state index contributed by atoms with van der Waals surface area (Å²) in [5.41, 5.74) is 0. The van der Waals surface area contributed by atoms with Crippen LogP contribution in [0.3, 0.4) is 0 Å². The molecule has 4 N–H and O–H groups in total. The standard InChI is InChI=1S/2C7H10O3.C3H8O2/c2*8-7(9)4-1-2-5-6(3-4)10-5;1-3(5)2-4/h2*4-6H,1-3H2,(H,8,9);3-5H,2H2,1H3. The minimum Gasteiger partial charge on any atom is -0.481 e. The van der Waals surface area contributed by atoms with Gasteiger partial charge in [0.05, 0.1) is 49.0 Å². The lowest BCUT2D eigenvalue weighted by Gasteiger charge is -2.12. The number of hydrogen-bond donors (Lipinski definition) is 4. The van der Waals surface area contributed by atoms with Crippen molar-refractivity contribution >= 4 is 11.9 Å². The van der Waals surface area contributed by atoms with E-state index in [1.807, 2.05) is 0 Å². The number of carboxylic acid groups (broad SMARTS) is 2. The fraction of sp³-hybridized carbons (Fsp3) is 0.882. The van der Waals surface area contributed by atoms with Gasteiger partial charge >= 0.3 is 11.9 Å². The molecule has 0 bridgehead atoms. The Balaban J connectivity index is 0.000000144. The lowest BCUT2D eigenvalue weighted by molar-refractivity contribution is -0.143. The van der Waals surface area contributed by atoms with Gasteiger partial charge in [0.25, 0.3) is 0 Å². The molecule has 0 aromatic heterocycles. The fourth-order valence-corrected chi connectivity index (χ4v) is 3.26. The van der Waals surface area contributed by atoms with E-state index in [9.17, 15) is 9.59 Å². The van der Waals surface area contributed by atoms with Crippen LogP contribution in [0.15, 0.2) is 0 Å². The van der Waals surface area contributed by atoms with Crippen molar-refractivity contribution in [1.82, 2.24) is 0 Å². The van der Waals surface area contributed by atoms with Crippen molar-refractivity contribution in [2.75, 3.05) is 6.61 Å². The maximum absolute atomic E-state index is 10.5. The third-order valence-electron chi connectivity index (χ3n) is 4.97. The number of aliphatic hydroxyl groups excluding tert-OH is 2. The SMILES string of the molecule is CC(O)CO.O=C(O)C1CCC2OC2C1.O=C(O)C1CCC2OC2C1. The van der Waals surface area contributed by atoms with Gasteiger partial charge in [-0.2, -0.15) is 0 Å². The lowest BCUT2D eigenvalue weighted by Crippen LogP contribution is -2.21. The van der Waals surface area contributed by atoms with Crippen molar-refractivity contribution in [2.45, 2.75) is 76.0 Å². The molecule has 2 aliphatic heterocycles. The summed E-state index contributed by atoms with van der Waals surface area (Å²) in [5.74, 6) is -1.59. The van der Waals surface area contributed by atoms with Gasteiger partial charge in [0, 0.05) is 0 Å². The quantitative estimate of drug-likeness (QED) is 0.537. The highest BCUT2D eigenvalue weighted by molar-refractivity contribution is 5.70. The molecule has 0 radical (unpaired) electrons. The molecule has 4 rings (SSSR count). The summed E-state index contributed by atoms with van der Waals surface area (Å²) >= 11 is 0. The van der Waals surface area contributed by atoms with Crippen LogP contribution in [0.25, 0.3) is 0 Å². The van der Waals surface area contributed by atoms with Crippen LogP contribution in [0.5, 0.6) is 0 Å². The first-order valence-electron chi connectivity index (χ1n) is 8.87. The molecule has 8 nitrogen and oxygen atoms in total. The average molecular weight is 360 g/mol. The van der Waals surface area contributed by atoms with Crippen LogP contribution in [-0.2, 0) is 19.1 Å². The average Bonchev–Trinajstić information content (AvgIpc) is 3.47. The van der Waals surface area contributed by atoms with E-state index in [0.29, 0.717) is 12.2 Å². The fourth-order valence-electron chi connectivity index (χ4n) is 3.26. The van der Waals surface area contributed by atoms with Crippen molar-refractivity contribution in [3.8, 4) is 0 Å². The third-order valence-corrected chi connectivity index (χ3v) is 4.97. The maximum Gasteiger partial charge on any atom is 0.306 e. The number of ether oxygens (including phenoxy) is 2. The molecular formula is C17H28O8. The Kier molecular flexibility index (Phi) is 7.18. The van der Waals surface area contributed by atoms with E-state index < -0.39 is 18.0 Å². The maximum atomic E-state index is 10.5. The minimum absolute atomic E-state index is 0.135. The topological polar surface area (TPSA) is 140 Å². The first-order chi connectivity index (χ1) is 11.8. The molecule has 0 amide bonds. The Labute approximate surface area is 146 Å². The summed E-state index contributed by atoms with van der Waals surface area (Å²) in [4.78, 5) is 20.9. The second-order valence-corrected chi connectivity index (χ2v) is 7.15. The van der Waals surface area contributed by atoms with E-state index in [4.69, 9.17) is 29.9 Å². The van der Waals surface area contributed by atoms with E-state index >= 15 is 0 Å². The minimum atomic E-state index is -0.658. The highest BCUT2D eigenvalue weighted by Gasteiger charge is 2.46. The second-order valence-electron chi connectivity index (χ2n) is 7.15. The van der Waals surface area contributed by atoms with Crippen LogP contribution in [0.2, 0.25) is 0 Å². The summed E-state index contributed by atoms with van der Waals surface area (Å²) in [6, 6.07) is 0. The predicted octanol–water partition coefficient (Wildman–Crippen LogP) is 0.636. The van der Waals surface area contributed by atoms with Crippen LogP contribution < -0.4 is 0 Å². The monoisotopic (exact) mass is 360 g/mol.